The summed E-state index contributed by atoms with van der Waals surface area (Å²) in [5.74, 6) is 5.63. The molecule has 4 aliphatic rings. The van der Waals surface area contributed by atoms with Crippen LogP contribution >= 0.6 is 0 Å². The van der Waals surface area contributed by atoms with Gasteiger partial charge in [-0.3, -0.25) is 4.79 Å². The highest BCUT2D eigenvalue weighted by Crippen LogP contribution is 2.66. The summed E-state index contributed by atoms with van der Waals surface area (Å²) in [5, 5.41) is 0. The fourth-order valence-corrected chi connectivity index (χ4v) is 8.49. The molecule has 0 radical (unpaired) electrons. The number of ketones is 1. The van der Waals surface area contributed by atoms with Crippen molar-refractivity contribution in [1.29, 1.82) is 0 Å². The van der Waals surface area contributed by atoms with Gasteiger partial charge >= 0.3 is 0 Å². The first-order chi connectivity index (χ1) is 14.2. The van der Waals surface area contributed by atoms with Crippen LogP contribution in [-0.2, 0) is 4.79 Å². The second kappa shape index (κ2) is 8.25. The third-order valence-corrected chi connectivity index (χ3v) is 10.6. The molecule has 0 aromatic heterocycles. The summed E-state index contributed by atoms with van der Waals surface area (Å²) < 4.78 is 0. The van der Waals surface area contributed by atoms with E-state index in [1.165, 1.54) is 32.1 Å². The van der Waals surface area contributed by atoms with E-state index in [0.717, 1.165) is 55.3 Å². The summed E-state index contributed by atoms with van der Waals surface area (Å²) >= 11 is 0. The van der Waals surface area contributed by atoms with Gasteiger partial charge in [-0.15, -0.1) is 0 Å². The van der Waals surface area contributed by atoms with Crippen LogP contribution in [0.4, 0.5) is 0 Å². The Hall–Kier alpha value is -0.850. The molecule has 0 aliphatic heterocycles. The number of hydrogen-bond donors (Lipinski definition) is 0. The van der Waals surface area contributed by atoms with E-state index in [-0.39, 0.29) is 0 Å². The lowest BCUT2D eigenvalue weighted by Crippen LogP contribution is -2.49. The molecule has 1 unspecified atom stereocenters. The van der Waals surface area contributed by atoms with Gasteiger partial charge in [0.15, 0.2) is 0 Å². The lowest BCUT2D eigenvalue weighted by molar-refractivity contribution is -0.127. The highest BCUT2D eigenvalue weighted by Gasteiger charge is 2.58. The van der Waals surface area contributed by atoms with Gasteiger partial charge in [-0.1, -0.05) is 65.3 Å². The van der Waals surface area contributed by atoms with Crippen LogP contribution in [0.15, 0.2) is 23.8 Å². The average Bonchev–Trinajstić information content (AvgIpc) is 3.06. The Morgan fingerprint density at radius 2 is 1.77 bits per heavy atom. The number of fused-ring (bicyclic) bond motifs is 5. The van der Waals surface area contributed by atoms with Gasteiger partial charge < -0.3 is 0 Å². The minimum absolute atomic E-state index is 0.383. The molecule has 0 amide bonds. The van der Waals surface area contributed by atoms with Crippen molar-refractivity contribution in [3.05, 3.63) is 23.8 Å². The molecule has 168 valence electrons. The number of allylic oxidation sites excluding steroid dienone is 4. The van der Waals surface area contributed by atoms with Crippen LogP contribution in [0.2, 0.25) is 0 Å². The van der Waals surface area contributed by atoms with Gasteiger partial charge in [0, 0.05) is 12.8 Å². The van der Waals surface area contributed by atoms with Gasteiger partial charge in [0.25, 0.3) is 0 Å². The summed E-state index contributed by atoms with van der Waals surface area (Å²) in [6.45, 7) is 14.7. The highest BCUT2D eigenvalue weighted by atomic mass is 16.1. The van der Waals surface area contributed by atoms with Crippen molar-refractivity contribution < 1.29 is 4.79 Å². The fourth-order valence-electron chi connectivity index (χ4n) is 8.49. The first-order valence-electron chi connectivity index (χ1n) is 13.1. The van der Waals surface area contributed by atoms with Gasteiger partial charge in [-0.25, -0.2) is 0 Å². The van der Waals surface area contributed by atoms with Crippen molar-refractivity contribution in [2.75, 3.05) is 0 Å². The van der Waals surface area contributed by atoms with Crippen molar-refractivity contribution in [3.8, 4) is 0 Å². The quantitative estimate of drug-likeness (QED) is 0.419. The first kappa shape index (κ1) is 22.3. The minimum atomic E-state index is 0.383. The lowest BCUT2D eigenvalue weighted by Gasteiger charge is -2.57. The Bertz CT molecular complexity index is 714. The van der Waals surface area contributed by atoms with Crippen molar-refractivity contribution in [2.24, 2.45) is 52.3 Å². The molecule has 0 aromatic rings. The number of carbonyl (C=O) groups excluding carboxylic acids is 1. The third-order valence-electron chi connectivity index (χ3n) is 10.6. The van der Waals surface area contributed by atoms with Crippen LogP contribution in [0.5, 0.6) is 0 Å². The van der Waals surface area contributed by atoms with Crippen molar-refractivity contribution in [2.45, 2.75) is 99.3 Å². The van der Waals surface area contributed by atoms with Crippen LogP contribution in [0.3, 0.4) is 0 Å². The number of Topliss-reactive ketones (excluding diaryl/α,β-unsaturated/α-hetero) is 1. The smallest absolute Gasteiger partial charge is 0.133 e. The van der Waals surface area contributed by atoms with E-state index >= 15 is 0 Å². The van der Waals surface area contributed by atoms with Crippen molar-refractivity contribution in [3.63, 3.8) is 0 Å². The second-order valence-corrected chi connectivity index (χ2v) is 12.3. The molecule has 0 spiro atoms. The summed E-state index contributed by atoms with van der Waals surface area (Å²) in [7, 11) is 0. The molecule has 3 fully saturated rings. The summed E-state index contributed by atoms with van der Waals surface area (Å²) in [6, 6.07) is 0. The number of rotatable bonds is 5. The van der Waals surface area contributed by atoms with E-state index in [1.807, 2.05) is 5.57 Å². The van der Waals surface area contributed by atoms with Crippen LogP contribution in [-0.4, -0.2) is 5.78 Å². The molecule has 8 atom stereocenters. The van der Waals surface area contributed by atoms with Gasteiger partial charge in [-0.2, -0.15) is 0 Å². The Kier molecular flexibility index (Phi) is 6.15. The van der Waals surface area contributed by atoms with Gasteiger partial charge in [0.1, 0.15) is 5.78 Å². The maximum absolute atomic E-state index is 12.1. The number of hydrogen-bond acceptors (Lipinski definition) is 1. The highest BCUT2D eigenvalue weighted by molar-refractivity contribution is 5.79. The van der Waals surface area contributed by atoms with Crippen LogP contribution in [0.25, 0.3) is 0 Å². The van der Waals surface area contributed by atoms with E-state index in [1.54, 1.807) is 0 Å². The molecule has 0 heterocycles. The predicted molar refractivity (Wildman–Crippen MR) is 127 cm³/mol. The van der Waals surface area contributed by atoms with Crippen molar-refractivity contribution in [1.82, 2.24) is 0 Å². The molecular formula is C29H46O. The zero-order chi connectivity index (χ0) is 21.7. The van der Waals surface area contributed by atoms with Gasteiger partial charge in [-0.05, 0) is 97.2 Å². The maximum Gasteiger partial charge on any atom is 0.133 e. The molecule has 4 rings (SSSR count). The zero-order valence-electron chi connectivity index (χ0n) is 20.5. The third kappa shape index (κ3) is 3.57. The Labute approximate surface area is 186 Å². The van der Waals surface area contributed by atoms with Crippen molar-refractivity contribution >= 4 is 5.78 Å². The maximum atomic E-state index is 12.1. The first-order valence-corrected chi connectivity index (χ1v) is 13.1. The molecule has 0 saturated heterocycles. The van der Waals surface area contributed by atoms with E-state index < -0.39 is 0 Å². The molecule has 0 bridgehead atoms. The standard InChI is InChI=1S/C29H46O/c1-7-21(19(2)3)9-8-20(4)25-12-13-26-24-11-10-22-18-23(30)14-16-28(22,5)27(24)15-17-29(25,26)6/h8-9,11,19-22,25-27H,7,10,12-18H2,1-6H3/b9-8+/t20-,21+,22?,25-,26+,27+,28+,29-/m1/s1. The van der Waals surface area contributed by atoms with Gasteiger partial charge in [0.05, 0.1) is 0 Å². The van der Waals surface area contributed by atoms with E-state index in [4.69, 9.17) is 0 Å². The molecule has 0 aromatic carbocycles. The largest absolute Gasteiger partial charge is 0.300 e. The van der Waals surface area contributed by atoms with Crippen LogP contribution < -0.4 is 0 Å². The van der Waals surface area contributed by atoms with Crippen LogP contribution in [0.1, 0.15) is 99.3 Å². The molecule has 4 aliphatic carbocycles. The Balaban J connectivity index is 1.54. The fraction of sp³-hybridized carbons (Fsp3) is 0.828. The SMILES string of the molecule is CC[C@@H](/C=C/[C@@H](C)[C@H]1CC[C@H]2C3=CCC4CC(=O)CC[C@]4(C)[C@H]3CC[C@]12C)C(C)C. The molecule has 3 saturated carbocycles. The summed E-state index contributed by atoms with van der Waals surface area (Å²) in [6.07, 6.45) is 18.5. The van der Waals surface area contributed by atoms with E-state index in [0.29, 0.717) is 28.4 Å². The van der Waals surface area contributed by atoms with Crippen LogP contribution in [0, 0.1) is 52.3 Å². The van der Waals surface area contributed by atoms with Gasteiger partial charge in [0.2, 0.25) is 0 Å². The molecule has 0 N–H and O–H groups in total. The molecule has 1 heteroatoms. The molecule has 30 heavy (non-hydrogen) atoms. The Morgan fingerprint density at radius 1 is 1.03 bits per heavy atom. The minimum Gasteiger partial charge on any atom is -0.300 e. The monoisotopic (exact) mass is 410 g/mol. The predicted octanol–water partition coefficient (Wildman–Crippen LogP) is 8.01. The zero-order valence-corrected chi connectivity index (χ0v) is 20.5. The Morgan fingerprint density at radius 3 is 2.47 bits per heavy atom. The normalized spacial score (nSPS) is 43.2. The second-order valence-electron chi connectivity index (χ2n) is 12.3. The van der Waals surface area contributed by atoms with E-state index in [9.17, 15) is 4.79 Å². The average molecular weight is 411 g/mol. The summed E-state index contributed by atoms with van der Waals surface area (Å²) in [4.78, 5) is 12.1. The molecule has 1 nitrogen and oxygen atoms in total. The van der Waals surface area contributed by atoms with E-state index in [2.05, 4.69) is 59.8 Å². The molecular weight excluding hydrogens is 364 g/mol. The lowest BCUT2D eigenvalue weighted by atomic mass is 9.48. The topological polar surface area (TPSA) is 17.1 Å². The number of carbonyl (C=O) groups is 1. The summed E-state index contributed by atoms with van der Waals surface area (Å²) in [5.41, 5.74) is 2.68.